The smallest absolute Gasteiger partial charge is 0.0665 e. The molecule has 1 N–H and O–H groups in total. The summed E-state index contributed by atoms with van der Waals surface area (Å²) in [5, 5.41) is 3.59. The standard InChI is InChI=1S/C18H33NO/c1-14-9-5-6-10-15(14)20-17-13-16(19-2)18(17)11-7-3-4-8-12-18/h14-17,19H,3-13H2,1-2H3. The summed E-state index contributed by atoms with van der Waals surface area (Å²) in [6.45, 7) is 2.40. The van der Waals surface area contributed by atoms with E-state index in [4.69, 9.17) is 4.74 Å². The van der Waals surface area contributed by atoms with Gasteiger partial charge in [0.1, 0.15) is 0 Å². The molecule has 0 radical (unpaired) electrons. The fourth-order valence-corrected chi connectivity index (χ4v) is 5.10. The maximum atomic E-state index is 6.68. The summed E-state index contributed by atoms with van der Waals surface area (Å²) >= 11 is 0. The van der Waals surface area contributed by atoms with Crippen molar-refractivity contribution >= 4 is 0 Å². The van der Waals surface area contributed by atoms with Crippen molar-refractivity contribution in [1.82, 2.24) is 5.32 Å². The Labute approximate surface area is 125 Å². The fourth-order valence-electron chi connectivity index (χ4n) is 5.10. The summed E-state index contributed by atoms with van der Waals surface area (Å²) in [6, 6.07) is 0.712. The van der Waals surface area contributed by atoms with Gasteiger partial charge >= 0.3 is 0 Å². The lowest BCUT2D eigenvalue weighted by Crippen LogP contribution is -2.63. The molecule has 3 rings (SSSR count). The zero-order chi connectivity index (χ0) is 14.0. The summed E-state index contributed by atoms with van der Waals surface area (Å²) in [5.41, 5.74) is 0.475. The number of rotatable bonds is 3. The van der Waals surface area contributed by atoms with Crippen LogP contribution in [0.3, 0.4) is 0 Å². The molecule has 4 unspecified atom stereocenters. The van der Waals surface area contributed by atoms with Crippen molar-refractivity contribution in [2.75, 3.05) is 7.05 Å². The highest BCUT2D eigenvalue weighted by Gasteiger charge is 2.55. The van der Waals surface area contributed by atoms with Gasteiger partial charge < -0.3 is 10.1 Å². The van der Waals surface area contributed by atoms with Gasteiger partial charge in [-0.2, -0.15) is 0 Å². The van der Waals surface area contributed by atoms with Crippen LogP contribution in [0.25, 0.3) is 0 Å². The van der Waals surface area contributed by atoms with Crippen molar-refractivity contribution in [3.8, 4) is 0 Å². The van der Waals surface area contributed by atoms with Gasteiger partial charge in [-0.25, -0.2) is 0 Å². The molecule has 3 saturated carbocycles. The summed E-state index contributed by atoms with van der Waals surface area (Å²) in [4.78, 5) is 0. The van der Waals surface area contributed by atoms with Gasteiger partial charge in [-0.15, -0.1) is 0 Å². The second-order valence-electron chi connectivity index (χ2n) is 7.65. The SMILES string of the molecule is CNC1CC(OC2CCCCC2C)C12CCCCCC2. The normalized spacial score (nSPS) is 41.1. The predicted molar refractivity (Wildman–Crippen MR) is 83.9 cm³/mol. The van der Waals surface area contributed by atoms with Crippen LogP contribution in [0.15, 0.2) is 0 Å². The summed E-state index contributed by atoms with van der Waals surface area (Å²) in [7, 11) is 2.15. The Bertz CT molecular complexity index is 309. The van der Waals surface area contributed by atoms with E-state index in [0.29, 0.717) is 23.7 Å². The quantitative estimate of drug-likeness (QED) is 0.832. The monoisotopic (exact) mass is 279 g/mol. The first kappa shape index (κ1) is 14.8. The Morgan fingerprint density at radius 3 is 2.30 bits per heavy atom. The summed E-state index contributed by atoms with van der Waals surface area (Å²) in [5.74, 6) is 0.778. The molecule has 4 atom stereocenters. The zero-order valence-electron chi connectivity index (χ0n) is 13.5. The molecule has 0 aromatic carbocycles. The molecule has 0 aliphatic heterocycles. The van der Waals surface area contributed by atoms with Crippen LogP contribution in [0.5, 0.6) is 0 Å². The average molecular weight is 279 g/mol. The summed E-state index contributed by atoms with van der Waals surface area (Å²) < 4.78 is 6.68. The molecule has 0 aromatic heterocycles. The maximum absolute atomic E-state index is 6.68. The molecule has 0 aromatic rings. The van der Waals surface area contributed by atoms with Crippen LogP contribution in [0.2, 0.25) is 0 Å². The van der Waals surface area contributed by atoms with Crippen molar-refractivity contribution in [3.05, 3.63) is 0 Å². The molecular weight excluding hydrogens is 246 g/mol. The van der Waals surface area contributed by atoms with Crippen LogP contribution in [-0.2, 0) is 4.74 Å². The number of ether oxygens (including phenoxy) is 1. The fraction of sp³-hybridized carbons (Fsp3) is 1.00. The van der Waals surface area contributed by atoms with Gasteiger partial charge in [-0.3, -0.25) is 0 Å². The molecule has 3 aliphatic carbocycles. The lowest BCUT2D eigenvalue weighted by Gasteiger charge is -2.57. The third-order valence-electron chi connectivity index (χ3n) is 6.54. The van der Waals surface area contributed by atoms with Crippen molar-refractivity contribution in [3.63, 3.8) is 0 Å². The maximum Gasteiger partial charge on any atom is 0.0665 e. The van der Waals surface area contributed by atoms with E-state index in [0.717, 1.165) is 5.92 Å². The number of hydrogen-bond donors (Lipinski definition) is 1. The minimum absolute atomic E-state index is 0.475. The number of nitrogens with one attached hydrogen (secondary N) is 1. The molecule has 2 heteroatoms. The Kier molecular flexibility index (Phi) is 4.72. The molecule has 1 spiro atoms. The predicted octanol–water partition coefficient (Wildman–Crippen LogP) is 4.28. The largest absolute Gasteiger partial charge is 0.374 e. The van der Waals surface area contributed by atoms with Gasteiger partial charge in [0.15, 0.2) is 0 Å². The van der Waals surface area contributed by atoms with E-state index in [2.05, 4.69) is 19.3 Å². The topological polar surface area (TPSA) is 21.3 Å². The molecule has 0 amide bonds. The van der Waals surface area contributed by atoms with Crippen LogP contribution in [0.4, 0.5) is 0 Å². The Morgan fingerprint density at radius 2 is 1.65 bits per heavy atom. The lowest BCUT2D eigenvalue weighted by atomic mass is 9.57. The van der Waals surface area contributed by atoms with E-state index < -0.39 is 0 Å². The van der Waals surface area contributed by atoms with Gasteiger partial charge in [0, 0.05) is 11.5 Å². The van der Waals surface area contributed by atoms with Gasteiger partial charge in [-0.05, 0) is 45.1 Å². The van der Waals surface area contributed by atoms with E-state index in [-0.39, 0.29) is 0 Å². The lowest BCUT2D eigenvalue weighted by molar-refractivity contribution is -0.183. The molecule has 0 bridgehead atoms. The van der Waals surface area contributed by atoms with Gasteiger partial charge in [0.25, 0.3) is 0 Å². The molecule has 20 heavy (non-hydrogen) atoms. The Balaban J connectivity index is 1.66. The Morgan fingerprint density at radius 1 is 0.950 bits per heavy atom. The van der Waals surface area contributed by atoms with Crippen LogP contribution < -0.4 is 5.32 Å². The van der Waals surface area contributed by atoms with Crippen molar-refractivity contribution in [2.24, 2.45) is 11.3 Å². The minimum Gasteiger partial charge on any atom is -0.374 e. The highest BCUT2D eigenvalue weighted by Crippen LogP contribution is 2.53. The number of hydrogen-bond acceptors (Lipinski definition) is 2. The van der Waals surface area contributed by atoms with E-state index >= 15 is 0 Å². The van der Waals surface area contributed by atoms with E-state index in [1.807, 2.05) is 0 Å². The average Bonchev–Trinajstić information content (AvgIpc) is 2.72. The van der Waals surface area contributed by atoms with E-state index in [1.165, 1.54) is 70.6 Å². The first-order valence-corrected chi connectivity index (χ1v) is 9.09. The molecule has 3 fully saturated rings. The van der Waals surface area contributed by atoms with Gasteiger partial charge in [-0.1, -0.05) is 45.4 Å². The highest BCUT2D eigenvalue weighted by molar-refractivity contribution is 5.08. The second-order valence-corrected chi connectivity index (χ2v) is 7.65. The van der Waals surface area contributed by atoms with Gasteiger partial charge in [0.2, 0.25) is 0 Å². The third-order valence-corrected chi connectivity index (χ3v) is 6.54. The molecule has 3 aliphatic rings. The third kappa shape index (κ3) is 2.66. The first-order valence-electron chi connectivity index (χ1n) is 9.09. The second kappa shape index (κ2) is 6.36. The summed E-state index contributed by atoms with van der Waals surface area (Å²) in [6.07, 6.45) is 16.3. The first-order chi connectivity index (χ1) is 9.76. The van der Waals surface area contributed by atoms with Crippen molar-refractivity contribution in [2.45, 2.75) is 95.8 Å². The molecule has 2 nitrogen and oxygen atoms in total. The van der Waals surface area contributed by atoms with E-state index in [1.54, 1.807) is 0 Å². The van der Waals surface area contributed by atoms with Crippen molar-refractivity contribution in [1.29, 1.82) is 0 Å². The molecular formula is C18H33NO. The van der Waals surface area contributed by atoms with Crippen LogP contribution in [-0.4, -0.2) is 25.3 Å². The highest BCUT2D eigenvalue weighted by atomic mass is 16.5. The minimum atomic E-state index is 0.475. The molecule has 0 saturated heterocycles. The van der Waals surface area contributed by atoms with Crippen LogP contribution in [0.1, 0.15) is 77.6 Å². The van der Waals surface area contributed by atoms with E-state index in [9.17, 15) is 0 Å². The van der Waals surface area contributed by atoms with Gasteiger partial charge in [0.05, 0.1) is 12.2 Å². The molecule has 0 heterocycles. The Hall–Kier alpha value is -0.0800. The van der Waals surface area contributed by atoms with Crippen LogP contribution in [0, 0.1) is 11.3 Å². The zero-order valence-corrected chi connectivity index (χ0v) is 13.5. The molecule has 116 valence electrons. The van der Waals surface area contributed by atoms with Crippen molar-refractivity contribution < 1.29 is 4.74 Å². The van der Waals surface area contributed by atoms with Crippen LogP contribution >= 0.6 is 0 Å².